The van der Waals surface area contributed by atoms with Crippen molar-refractivity contribution in [3.63, 3.8) is 0 Å². The van der Waals surface area contributed by atoms with Crippen LogP contribution >= 0.6 is 0 Å². The highest BCUT2D eigenvalue weighted by atomic mass is 19.4. The lowest BCUT2D eigenvalue weighted by Crippen LogP contribution is -2.29. The normalized spacial score (nSPS) is 11.7. The fourth-order valence-corrected chi connectivity index (χ4v) is 2.61. The highest BCUT2D eigenvalue weighted by Gasteiger charge is 2.40. The van der Waals surface area contributed by atoms with Gasteiger partial charge in [0.25, 0.3) is 5.91 Å². The van der Waals surface area contributed by atoms with Gasteiger partial charge in [-0.2, -0.15) is 13.2 Å². The maximum Gasteiger partial charge on any atom is 0.435 e. The van der Waals surface area contributed by atoms with Crippen molar-refractivity contribution in [1.29, 1.82) is 0 Å². The van der Waals surface area contributed by atoms with Crippen LogP contribution in [0.15, 0.2) is 48.7 Å². The molecule has 7 heteroatoms. The third-order valence-electron chi connectivity index (χ3n) is 3.79. The average Bonchev–Trinajstić information content (AvgIpc) is 2.94. The van der Waals surface area contributed by atoms with Gasteiger partial charge >= 0.3 is 6.18 Å². The molecule has 0 saturated heterocycles. The number of pyridine rings is 1. The molecule has 1 amide bonds. The van der Waals surface area contributed by atoms with Crippen molar-refractivity contribution < 1.29 is 18.0 Å². The number of hydrogen-bond donors (Lipinski definition) is 1. The molecule has 3 aromatic rings. The first-order valence-corrected chi connectivity index (χ1v) is 7.74. The van der Waals surface area contributed by atoms with E-state index in [2.05, 4.69) is 10.3 Å². The van der Waals surface area contributed by atoms with E-state index in [-0.39, 0.29) is 12.2 Å². The van der Waals surface area contributed by atoms with E-state index >= 15 is 0 Å². The van der Waals surface area contributed by atoms with Gasteiger partial charge in [-0.3, -0.25) is 9.20 Å². The standard InChI is InChI=1S/C18H16F3N3O/c1-12-7-8-14-23-16(18(19,20)21)15(24(14)11-12)17(25)22-10-9-13-5-3-2-4-6-13/h2-8,11H,9-10H2,1H3,(H,22,25). The Bertz CT molecular complexity index is 901. The number of carbonyl (C=O) groups excluding carboxylic acids is 1. The Hall–Kier alpha value is -2.83. The Labute approximate surface area is 142 Å². The number of imidazole rings is 1. The summed E-state index contributed by atoms with van der Waals surface area (Å²) in [4.78, 5) is 16.0. The fraction of sp³-hybridized carbons (Fsp3) is 0.222. The van der Waals surface area contributed by atoms with Crippen molar-refractivity contribution in [2.45, 2.75) is 19.5 Å². The fourth-order valence-electron chi connectivity index (χ4n) is 2.61. The van der Waals surface area contributed by atoms with Gasteiger partial charge in [0, 0.05) is 12.7 Å². The molecule has 130 valence electrons. The van der Waals surface area contributed by atoms with E-state index in [1.54, 1.807) is 13.0 Å². The summed E-state index contributed by atoms with van der Waals surface area (Å²) in [6.07, 6.45) is -2.70. The summed E-state index contributed by atoms with van der Waals surface area (Å²) in [5.41, 5.74) is 0.158. The number of fused-ring (bicyclic) bond motifs is 1. The second-order valence-corrected chi connectivity index (χ2v) is 5.73. The number of amides is 1. The molecule has 25 heavy (non-hydrogen) atoms. The summed E-state index contributed by atoms with van der Waals surface area (Å²) in [7, 11) is 0. The quantitative estimate of drug-likeness (QED) is 0.783. The van der Waals surface area contributed by atoms with Gasteiger partial charge in [0.05, 0.1) is 0 Å². The maximum absolute atomic E-state index is 13.3. The molecule has 0 aliphatic rings. The molecule has 4 nitrogen and oxygen atoms in total. The Kier molecular flexibility index (Phi) is 4.48. The number of aromatic nitrogens is 2. The van der Waals surface area contributed by atoms with E-state index in [0.29, 0.717) is 6.42 Å². The van der Waals surface area contributed by atoms with Gasteiger partial charge in [0.2, 0.25) is 0 Å². The highest BCUT2D eigenvalue weighted by molar-refractivity contribution is 5.95. The number of nitrogens with one attached hydrogen (secondary N) is 1. The molecular weight excluding hydrogens is 331 g/mol. The molecule has 1 N–H and O–H groups in total. The molecule has 0 aliphatic heterocycles. The predicted molar refractivity (Wildman–Crippen MR) is 87.4 cm³/mol. The van der Waals surface area contributed by atoms with Gasteiger partial charge < -0.3 is 5.32 Å². The number of aryl methyl sites for hydroxylation is 1. The number of hydrogen-bond acceptors (Lipinski definition) is 2. The minimum Gasteiger partial charge on any atom is -0.350 e. The zero-order valence-electron chi connectivity index (χ0n) is 13.5. The van der Waals surface area contributed by atoms with Crippen molar-refractivity contribution in [2.75, 3.05) is 6.54 Å². The van der Waals surface area contributed by atoms with Gasteiger partial charge in [-0.15, -0.1) is 0 Å². The zero-order chi connectivity index (χ0) is 18.0. The first-order valence-electron chi connectivity index (χ1n) is 7.74. The van der Waals surface area contributed by atoms with E-state index in [1.165, 1.54) is 16.7 Å². The molecule has 2 aromatic heterocycles. The summed E-state index contributed by atoms with van der Waals surface area (Å²) in [5, 5.41) is 2.56. The molecule has 2 heterocycles. The van der Waals surface area contributed by atoms with Crippen LogP contribution in [0.5, 0.6) is 0 Å². The van der Waals surface area contributed by atoms with E-state index in [0.717, 1.165) is 11.1 Å². The van der Waals surface area contributed by atoms with Crippen molar-refractivity contribution in [3.05, 3.63) is 71.2 Å². The third kappa shape index (κ3) is 3.65. The molecular formula is C18H16F3N3O. The van der Waals surface area contributed by atoms with Crippen molar-refractivity contribution in [2.24, 2.45) is 0 Å². The molecule has 0 fully saturated rings. The number of alkyl halides is 3. The smallest absolute Gasteiger partial charge is 0.350 e. The van der Waals surface area contributed by atoms with Gasteiger partial charge in [-0.05, 0) is 30.5 Å². The maximum atomic E-state index is 13.3. The first kappa shape index (κ1) is 17.0. The number of rotatable bonds is 4. The van der Waals surface area contributed by atoms with Crippen LogP contribution in [0.1, 0.15) is 27.3 Å². The minimum absolute atomic E-state index is 0.0890. The van der Waals surface area contributed by atoms with Crippen LogP contribution in [0, 0.1) is 6.92 Å². The Morgan fingerprint density at radius 2 is 1.88 bits per heavy atom. The second kappa shape index (κ2) is 6.58. The molecule has 3 rings (SSSR count). The summed E-state index contributed by atoms with van der Waals surface area (Å²) in [6, 6.07) is 12.5. The summed E-state index contributed by atoms with van der Waals surface area (Å²) >= 11 is 0. The zero-order valence-corrected chi connectivity index (χ0v) is 13.5. The summed E-state index contributed by atoms with van der Waals surface area (Å²) < 4.78 is 41.0. The number of nitrogens with zero attached hydrogens (tertiary/aromatic N) is 2. The number of benzene rings is 1. The van der Waals surface area contributed by atoms with Crippen LogP contribution in [0.25, 0.3) is 5.65 Å². The van der Waals surface area contributed by atoms with Gasteiger partial charge in [-0.25, -0.2) is 4.98 Å². The van der Waals surface area contributed by atoms with E-state index in [1.807, 2.05) is 30.3 Å². The lowest BCUT2D eigenvalue weighted by Gasteiger charge is -2.09. The van der Waals surface area contributed by atoms with E-state index in [9.17, 15) is 18.0 Å². The summed E-state index contributed by atoms with van der Waals surface area (Å²) in [5.74, 6) is -0.790. The molecule has 0 spiro atoms. The Morgan fingerprint density at radius 1 is 1.16 bits per heavy atom. The molecule has 0 unspecified atom stereocenters. The Morgan fingerprint density at radius 3 is 2.56 bits per heavy atom. The third-order valence-corrected chi connectivity index (χ3v) is 3.79. The molecule has 0 radical (unpaired) electrons. The minimum atomic E-state index is -4.70. The highest BCUT2D eigenvalue weighted by Crippen LogP contribution is 2.32. The largest absolute Gasteiger partial charge is 0.435 e. The lowest BCUT2D eigenvalue weighted by atomic mass is 10.1. The van der Waals surface area contributed by atoms with Crippen molar-refractivity contribution in [1.82, 2.24) is 14.7 Å². The number of carbonyl (C=O) groups is 1. The van der Waals surface area contributed by atoms with Crippen LogP contribution in [0.4, 0.5) is 13.2 Å². The first-order chi connectivity index (χ1) is 11.9. The number of halogens is 3. The van der Waals surface area contributed by atoms with Crippen molar-refractivity contribution in [3.8, 4) is 0 Å². The topological polar surface area (TPSA) is 46.4 Å². The van der Waals surface area contributed by atoms with E-state index in [4.69, 9.17) is 0 Å². The SMILES string of the molecule is Cc1ccc2nc(C(F)(F)F)c(C(=O)NCCc3ccccc3)n2c1. The molecule has 0 atom stereocenters. The van der Waals surface area contributed by atoms with Crippen LogP contribution in [0.2, 0.25) is 0 Å². The van der Waals surface area contributed by atoms with Gasteiger partial charge in [0.1, 0.15) is 11.3 Å². The second-order valence-electron chi connectivity index (χ2n) is 5.73. The van der Waals surface area contributed by atoms with Crippen molar-refractivity contribution >= 4 is 11.6 Å². The average molecular weight is 347 g/mol. The van der Waals surface area contributed by atoms with Crippen LogP contribution < -0.4 is 5.32 Å². The monoisotopic (exact) mass is 347 g/mol. The molecule has 1 aromatic carbocycles. The van der Waals surface area contributed by atoms with Gasteiger partial charge in [0.15, 0.2) is 5.69 Å². The molecule has 0 saturated carbocycles. The molecule has 0 aliphatic carbocycles. The van der Waals surface area contributed by atoms with E-state index < -0.39 is 23.5 Å². The van der Waals surface area contributed by atoms with Crippen LogP contribution in [-0.4, -0.2) is 21.8 Å². The van der Waals surface area contributed by atoms with Gasteiger partial charge in [-0.1, -0.05) is 36.4 Å². The summed E-state index contributed by atoms with van der Waals surface area (Å²) in [6.45, 7) is 1.98. The van der Waals surface area contributed by atoms with Crippen LogP contribution in [0.3, 0.4) is 0 Å². The predicted octanol–water partition coefficient (Wildman–Crippen LogP) is 3.63. The molecule has 0 bridgehead atoms. The lowest BCUT2D eigenvalue weighted by molar-refractivity contribution is -0.141. The van der Waals surface area contributed by atoms with Crippen LogP contribution in [-0.2, 0) is 12.6 Å². The Balaban J connectivity index is 1.87.